The second kappa shape index (κ2) is 1.04. The van der Waals surface area contributed by atoms with Crippen LogP contribution in [-0.2, 0) is 7.05 Å². The first-order valence-corrected chi connectivity index (χ1v) is 1.54. The van der Waals surface area contributed by atoms with E-state index in [1.165, 1.54) is 4.80 Å². The fourth-order valence-corrected chi connectivity index (χ4v) is 0.207. The average Bonchev–Trinajstić information content (AvgIpc) is 1.86. The summed E-state index contributed by atoms with van der Waals surface area (Å²) in [5.41, 5.74) is 0. The molecule has 1 rings (SSSR count). The first-order chi connectivity index (χ1) is 2.89. The number of aryl methyl sites for hydroxylation is 1. The molecule has 1 aromatic rings. The van der Waals surface area contributed by atoms with Crippen LogP contribution in [0, 0.1) is 6.33 Å². The fourth-order valence-electron chi connectivity index (χ4n) is 0.207. The van der Waals surface area contributed by atoms with E-state index in [9.17, 15) is 0 Å². The van der Waals surface area contributed by atoms with E-state index in [0.717, 1.165) is 0 Å². The van der Waals surface area contributed by atoms with E-state index in [1.807, 2.05) is 0 Å². The lowest BCUT2D eigenvalue weighted by Crippen LogP contribution is -2.33. The van der Waals surface area contributed by atoms with Crippen LogP contribution in [0.15, 0.2) is 0 Å². The maximum absolute atomic E-state index is 3.47. The van der Waals surface area contributed by atoms with Gasteiger partial charge in [-0.1, -0.05) is 4.80 Å². The minimum absolute atomic E-state index is 1.46. The average molecular weight is 84.1 g/mol. The zero-order valence-corrected chi connectivity index (χ0v) is 3.34. The van der Waals surface area contributed by atoms with Crippen LogP contribution in [0.3, 0.4) is 0 Å². The van der Waals surface area contributed by atoms with E-state index in [-0.39, 0.29) is 0 Å². The molecule has 0 aromatic carbocycles. The van der Waals surface area contributed by atoms with Crippen LogP contribution in [-0.4, -0.2) is 15.4 Å². The fraction of sp³-hybridized carbons (Fsp3) is 0.500. The second-order valence-corrected chi connectivity index (χ2v) is 0.937. The van der Waals surface area contributed by atoms with Gasteiger partial charge in [-0.15, -0.1) is 0 Å². The Hall–Kier alpha value is -0.930. The zero-order valence-electron chi connectivity index (χ0n) is 3.34. The van der Waals surface area contributed by atoms with Gasteiger partial charge in [0.2, 0.25) is 0 Å². The predicted octanol–water partition coefficient (Wildman–Crippen LogP) is -1.57. The highest BCUT2D eigenvalue weighted by Crippen LogP contribution is 1.39. The molecule has 0 amide bonds. The Balaban J connectivity index is 3.05. The number of nitrogens with zero attached hydrogens (tertiary/aromatic N) is 3. The molecular formula is C2H4N4+. The monoisotopic (exact) mass is 84.0 g/mol. The number of hydrogen-bond acceptors (Lipinski definition) is 2. The summed E-state index contributed by atoms with van der Waals surface area (Å²) in [5, 5.41) is 9.40. The van der Waals surface area contributed by atoms with Gasteiger partial charge >= 0.3 is 6.33 Å². The van der Waals surface area contributed by atoms with E-state index in [4.69, 9.17) is 0 Å². The highest BCUT2D eigenvalue weighted by Gasteiger charge is 1.86. The summed E-state index contributed by atoms with van der Waals surface area (Å²) in [6.45, 7) is 0. The molecule has 1 heterocycles. The van der Waals surface area contributed by atoms with Gasteiger partial charge < -0.3 is 0 Å². The van der Waals surface area contributed by atoms with Gasteiger partial charge in [-0.2, -0.15) is 5.10 Å². The van der Waals surface area contributed by atoms with Gasteiger partial charge in [0.15, 0.2) is 5.21 Å². The zero-order chi connectivity index (χ0) is 4.41. The Morgan fingerprint density at radius 2 is 2.67 bits per heavy atom. The van der Waals surface area contributed by atoms with E-state index >= 15 is 0 Å². The molecule has 0 spiro atoms. The van der Waals surface area contributed by atoms with Crippen LogP contribution in [0.1, 0.15) is 0 Å². The van der Waals surface area contributed by atoms with Crippen LogP contribution in [0.4, 0.5) is 0 Å². The number of hydrogen-bond donors (Lipinski definition) is 1. The van der Waals surface area contributed by atoms with Crippen LogP contribution in [0.5, 0.6) is 0 Å². The van der Waals surface area contributed by atoms with E-state index < -0.39 is 0 Å². The van der Waals surface area contributed by atoms with Crippen molar-refractivity contribution in [2.24, 2.45) is 7.05 Å². The van der Waals surface area contributed by atoms with E-state index in [1.54, 1.807) is 7.05 Å². The summed E-state index contributed by atoms with van der Waals surface area (Å²) in [5.74, 6) is 0. The molecule has 0 saturated carbocycles. The van der Waals surface area contributed by atoms with Crippen LogP contribution in [0.2, 0.25) is 0 Å². The molecule has 0 atom stereocenters. The van der Waals surface area contributed by atoms with E-state index in [0.29, 0.717) is 0 Å². The second-order valence-electron chi connectivity index (χ2n) is 0.937. The summed E-state index contributed by atoms with van der Waals surface area (Å²) in [6, 6.07) is 0. The normalized spacial score (nSPS) is 8.83. The van der Waals surface area contributed by atoms with Gasteiger partial charge in [0.1, 0.15) is 12.1 Å². The van der Waals surface area contributed by atoms with Crippen molar-refractivity contribution in [2.45, 2.75) is 0 Å². The Morgan fingerprint density at radius 3 is 2.83 bits per heavy atom. The molecule has 0 aliphatic rings. The van der Waals surface area contributed by atoms with Crippen molar-refractivity contribution in [3.63, 3.8) is 0 Å². The SMILES string of the molecule is C[n+]1nn[c][nH]1. The molecule has 6 heavy (non-hydrogen) atoms. The van der Waals surface area contributed by atoms with E-state index in [2.05, 4.69) is 21.7 Å². The third kappa shape index (κ3) is 0.357. The summed E-state index contributed by atoms with van der Waals surface area (Å²) in [7, 11) is 1.74. The van der Waals surface area contributed by atoms with Gasteiger partial charge in [-0.3, -0.25) is 0 Å². The molecule has 1 N–H and O–H groups in total. The molecule has 0 aliphatic heterocycles. The standard InChI is InChI=1S/C2H4N4/c1-6-4-2-3-5-6/h1H3,(H,3,4,5)/q+1. The first-order valence-electron chi connectivity index (χ1n) is 1.54. The summed E-state index contributed by atoms with van der Waals surface area (Å²) in [4.78, 5) is 1.46. The Labute approximate surface area is 34.8 Å². The maximum Gasteiger partial charge on any atom is 0.381 e. The minimum atomic E-state index is 1.46. The Morgan fingerprint density at radius 1 is 1.83 bits per heavy atom. The quantitative estimate of drug-likeness (QED) is 0.386. The van der Waals surface area contributed by atoms with Gasteiger partial charge in [0.25, 0.3) is 0 Å². The van der Waals surface area contributed by atoms with Crippen molar-refractivity contribution in [3.8, 4) is 0 Å². The van der Waals surface area contributed by atoms with Crippen molar-refractivity contribution in [1.29, 1.82) is 0 Å². The highest BCUT2D eigenvalue weighted by atomic mass is 15.6. The molecule has 4 nitrogen and oxygen atoms in total. The van der Waals surface area contributed by atoms with Gasteiger partial charge in [-0.05, 0) is 0 Å². The van der Waals surface area contributed by atoms with Crippen molar-refractivity contribution in [1.82, 2.24) is 15.4 Å². The molecule has 0 saturated heterocycles. The molecule has 0 unspecified atom stereocenters. The number of aromatic nitrogens is 4. The van der Waals surface area contributed by atoms with Gasteiger partial charge in [-0.25, -0.2) is 0 Å². The van der Waals surface area contributed by atoms with Crippen molar-refractivity contribution in [2.75, 3.05) is 0 Å². The molecule has 0 fully saturated rings. The van der Waals surface area contributed by atoms with Crippen molar-refractivity contribution >= 4 is 0 Å². The summed E-state index contributed by atoms with van der Waals surface area (Å²) < 4.78 is 0. The predicted molar refractivity (Wildman–Crippen MR) is 16.4 cm³/mol. The molecule has 1 aromatic heterocycles. The maximum atomic E-state index is 3.47. The summed E-state index contributed by atoms with van der Waals surface area (Å²) >= 11 is 0. The Kier molecular flexibility index (Phi) is 0.567. The van der Waals surface area contributed by atoms with Crippen LogP contribution < -0.4 is 4.80 Å². The summed E-state index contributed by atoms with van der Waals surface area (Å²) in [6.07, 6.45) is 2.41. The lowest BCUT2D eigenvalue weighted by Gasteiger charge is -1.62. The third-order valence-corrected chi connectivity index (χ3v) is 0.441. The molecule has 0 bridgehead atoms. The number of aromatic amines is 1. The van der Waals surface area contributed by atoms with Crippen LogP contribution in [0.25, 0.3) is 0 Å². The number of H-pyrrole nitrogens is 1. The third-order valence-electron chi connectivity index (χ3n) is 0.441. The molecule has 4 heteroatoms. The molecule has 0 aliphatic carbocycles. The highest BCUT2D eigenvalue weighted by molar-refractivity contribution is 4.12. The smallest absolute Gasteiger partial charge is 0.160 e. The molecule has 1 radical (unpaired) electrons. The minimum Gasteiger partial charge on any atom is -0.160 e. The topological polar surface area (TPSA) is 45.5 Å². The number of rotatable bonds is 0. The lowest BCUT2D eigenvalue weighted by atomic mass is 11.4. The Bertz CT molecular complexity index is 109. The van der Waals surface area contributed by atoms with Crippen molar-refractivity contribution in [3.05, 3.63) is 6.33 Å². The van der Waals surface area contributed by atoms with Crippen molar-refractivity contribution < 1.29 is 4.80 Å². The number of nitrogens with one attached hydrogen (secondary N) is 1. The first kappa shape index (κ1) is 3.27. The van der Waals surface area contributed by atoms with Crippen LogP contribution >= 0.6 is 0 Å². The largest absolute Gasteiger partial charge is 0.381 e. The molecular weight excluding hydrogens is 80.0 g/mol. The number of tetrazole rings is 1. The molecule has 31 valence electrons. The lowest BCUT2D eigenvalue weighted by molar-refractivity contribution is -0.784. The van der Waals surface area contributed by atoms with Gasteiger partial charge in [0, 0.05) is 0 Å². The van der Waals surface area contributed by atoms with Gasteiger partial charge in [0.05, 0.1) is 0 Å².